The molecule has 3 heterocycles. The third-order valence-electron chi connectivity index (χ3n) is 3.62. The van der Waals surface area contributed by atoms with Gasteiger partial charge in [0.05, 0.1) is 6.04 Å². The molecule has 2 aromatic heterocycles. The number of nitrogens with zero attached hydrogens (tertiary/aromatic N) is 1. The summed E-state index contributed by atoms with van der Waals surface area (Å²) in [5, 5.41) is 2.13. The van der Waals surface area contributed by atoms with Gasteiger partial charge >= 0.3 is 0 Å². The fraction of sp³-hybridized carbons (Fsp3) is 0.357. The number of hydrogen-bond acceptors (Lipinski definition) is 2. The zero-order valence-corrected chi connectivity index (χ0v) is 13.1. The Hall–Kier alpha value is -1.07. The summed E-state index contributed by atoms with van der Waals surface area (Å²) < 4.78 is 0.914. The smallest absolute Gasteiger partial charge is 0.270 e. The van der Waals surface area contributed by atoms with Gasteiger partial charge in [0.1, 0.15) is 5.69 Å². The van der Waals surface area contributed by atoms with E-state index in [0.29, 0.717) is 5.69 Å². The van der Waals surface area contributed by atoms with E-state index in [1.54, 1.807) is 17.5 Å². The Morgan fingerprint density at radius 2 is 2.47 bits per heavy atom. The highest BCUT2D eigenvalue weighted by molar-refractivity contribution is 9.10. The number of nitrogens with one attached hydrogen (secondary N) is 1. The predicted octanol–water partition coefficient (Wildman–Crippen LogP) is 3.99. The molecule has 0 saturated heterocycles. The number of fused-ring (bicyclic) bond motifs is 1. The molecule has 3 rings (SSSR count). The first-order valence-corrected chi connectivity index (χ1v) is 8.09. The summed E-state index contributed by atoms with van der Waals surface area (Å²) in [5.41, 5.74) is 1.99. The van der Waals surface area contributed by atoms with Gasteiger partial charge in [-0.3, -0.25) is 4.79 Å². The molecule has 1 amide bonds. The van der Waals surface area contributed by atoms with Gasteiger partial charge < -0.3 is 9.88 Å². The lowest BCUT2D eigenvalue weighted by Gasteiger charge is -2.35. The Balaban J connectivity index is 1.91. The number of amides is 1. The minimum Gasteiger partial charge on any atom is -0.356 e. The van der Waals surface area contributed by atoms with Crippen LogP contribution in [-0.4, -0.2) is 22.3 Å². The van der Waals surface area contributed by atoms with Crippen LogP contribution in [0.1, 0.15) is 40.3 Å². The SMILES string of the molecule is CCC1c2ccsc2CCN1C(=O)c1cc(Br)c[nH]1. The normalized spacial score (nSPS) is 18.4. The van der Waals surface area contributed by atoms with Crippen LogP contribution in [0, 0.1) is 0 Å². The van der Waals surface area contributed by atoms with E-state index in [1.165, 1.54) is 10.4 Å². The number of carbonyl (C=O) groups excluding carboxylic acids is 1. The van der Waals surface area contributed by atoms with E-state index in [2.05, 4.69) is 39.3 Å². The molecule has 0 fully saturated rings. The monoisotopic (exact) mass is 338 g/mol. The van der Waals surface area contributed by atoms with Crippen LogP contribution in [0.5, 0.6) is 0 Å². The predicted molar refractivity (Wildman–Crippen MR) is 80.6 cm³/mol. The molecule has 5 heteroatoms. The summed E-state index contributed by atoms with van der Waals surface area (Å²) >= 11 is 5.18. The lowest BCUT2D eigenvalue weighted by atomic mass is 9.97. The number of aromatic amines is 1. The summed E-state index contributed by atoms with van der Waals surface area (Å²) in [5.74, 6) is 0.0920. The zero-order valence-electron chi connectivity index (χ0n) is 10.6. The summed E-state index contributed by atoms with van der Waals surface area (Å²) in [4.78, 5) is 19.0. The third kappa shape index (κ3) is 2.25. The van der Waals surface area contributed by atoms with Gasteiger partial charge in [-0.05, 0) is 51.8 Å². The molecule has 0 aliphatic carbocycles. The van der Waals surface area contributed by atoms with E-state index in [0.717, 1.165) is 23.9 Å². The fourth-order valence-corrected chi connectivity index (χ4v) is 4.00. The molecule has 1 atom stereocenters. The summed E-state index contributed by atoms with van der Waals surface area (Å²) in [6.45, 7) is 2.95. The van der Waals surface area contributed by atoms with E-state index in [1.807, 2.05) is 11.0 Å². The van der Waals surface area contributed by atoms with Gasteiger partial charge in [-0.25, -0.2) is 0 Å². The second kappa shape index (κ2) is 5.13. The van der Waals surface area contributed by atoms with E-state index in [-0.39, 0.29) is 11.9 Å². The number of rotatable bonds is 2. The zero-order chi connectivity index (χ0) is 13.4. The molecule has 0 radical (unpaired) electrons. The largest absolute Gasteiger partial charge is 0.356 e. The lowest BCUT2D eigenvalue weighted by molar-refractivity contribution is 0.0652. The Kier molecular flexibility index (Phi) is 3.50. The highest BCUT2D eigenvalue weighted by Gasteiger charge is 2.31. The highest BCUT2D eigenvalue weighted by Crippen LogP contribution is 2.35. The first-order valence-electron chi connectivity index (χ1n) is 6.42. The van der Waals surface area contributed by atoms with Crippen LogP contribution < -0.4 is 0 Å². The molecule has 19 heavy (non-hydrogen) atoms. The molecule has 0 bridgehead atoms. The molecule has 0 aromatic carbocycles. The molecule has 1 unspecified atom stereocenters. The van der Waals surface area contributed by atoms with Crippen LogP contribution in [-0.2, 0) is 6.42 Å². The average molecular weight is 339 g/mol. The van der Waals surface area contributed by atoms with Gasteiger partial charge in [0.2, 0.25) is 0 Å². The fourth-order valence-electron chi connectivity index (χ4n) is 2.73. The van der Waals surface area contributed by atoms with Crippen molar-refractivity contribution in [1.29, 1.82) is 0 Å². The van der Waals surface area contributed by atoms with Crippen molar-refractivity contribution >= 4 is 33.2 Å². The molecule has 1 aliphatic rings. The third-order valence-corrected chi connectivity index (χ3v) is 5.07. The van der Waals surface area contributed by atoms with E-state index in [9.17, 15) is 4.79 Å². The molecule has 1 N–H and O–H groups in total. The maximum Gasteiger partial charge on any atom is 0.270 e. The number of hydrogen-bond donors (Lipinski definition) is 1. The minimum atomic E-state index is 0.0920. The Morgan fingerprint density at radius 3 is 3.16 bits per heavy atom. The number of carbonyl (C=O) groups is 1. The van der Waals surface area contributed by atoms with Crippen molar-refractivity contribution in [2.75, 3.05) is 6.54 Å². The Labute approximate surface area is 124 Å². The van der Waals surface area contributed by atoms with E-state index < -0.39 is 0 Å². The van der Waals surface area contributed by atoms with Gasteiger partial charge in [0.25, 0.3) is 5.91 Å². The lowest BCUT2D eigenvalue weighted by Crippen LogP contribution is -2.39. The number of thiophene rings is 1. The molecule has 0 spiro atoms. The van der Waals surface area contributed by atoms with Gasteiger partial charge in [0.15, 0.2) is 0 Å². The first kappa shape index (κ1) is 12.9. The summed E-state index contributed by atoms with van der Waals surface area (Å²) in [6.07, 6.45) is 3.72. The second-order valence-electron chi connectivity index (χ2n) is 4.70. The Bertz CT molecular complexity index is 604. The van der Waals surface area contributed by atoms with Crippen molar-refractivity contribution in [2.45, 2.75) is 25.8 Å². The van der Waals surface area contributed by atoms with Gasteiger partial charge in [-0.15, -0.1) is 11.3 Å². The van der Waals surface area contributed by atoms with E-state index >= 15 is 0 Å². The number of halogens is 1. The maximum atomic E-state index is 12.6. The molecular weight excluding hydrogens is 324 g/mol. The minimum absolute atomic E-state index is 0.0920. The molecule has 1 aliphatic heterocycles. The van der Waals surface area contributed by atoms with Crippen molar-refractivity contribution in [3.8, 4) is 0 Å². The number of aromatic nitrogens is 1. The first-order chi connectivity index (χ1) is 9.20. The standard InChI is InChI=1S/C14H15BrN2OS/c1-2-12-10-4-6-19-13(10)3-5-17(12)14(18)11-7-9(15)8-16-11/h4,6-8,12,16H,2-3,5H2,1H3. The van der Waals surface area contributed by atoms with Crippen molar-refractivity contribution in [1.82, 2.24) is 9.88 Å². The topological polar surface area (TPSA) is 36.1 Å². The van der Waals surface area contributed by atoms with Crippen molar-refractivity contribution < 1.29 is 4.79 Å². The van der Waals surface area contributed by atoms with Crippen LogP contribution in [0.15, 0.2) is 28.2 Å². The van der Waals surface area contributed by atoms with Crippen molar-refractivity contribution in [3.05, 3.63) is 44.3 Å². The van der Waals surface area contributed by atoms with E-state index in [4.69, 9.17) is 0 Å². The highest BCUT2D eigenvalue weighted by atomic mass is 79.9. The van der Waals surface area contributed by atoms with Crippen LogP contribution in [0.2, 0.25) is 0 Å². The number of H-pyrrole nitrogens is 1. The van der Waals surface area contributed by atoms with Crippen LogP contribution >= 0.6 is 27.3 Å². The second-order valence-corrected chi connectivity index (χ2v) is 6.62. The Morgan fingerprint density at radius 1 is 1.63 bits per heavy atom. The molecule has 3 nitrogen and oxygen atoms in total. The molecular formula is C14H15BrN2OS. The average Bonchev–Trinajstić information content (AvgIpc) is 3.04. The van der Waals surface area contributed by atoms with Crippen LogP contribution in [0.4, 0.5) is 0 Å². The maximum absolute atomic E-state index is 12.6. The summed E-state index contributed by atoms with van der Waals surface area (Å²) in [7, 11) is 0. The summed E-state index contributed by atoms with van der Waals surface area (Å²) in [6, 6.07) is 4.22. The molecule has 0 saturated carbocycles. The van der Waals surface area contributed by atoms with Crippen LogP contribution in [0.25, 0.3) is 0 Å². The molecule has 2 aromatic rings. The van der Waals surface area contributed by atoms with Crippen molar-refractivity contribution in [3.63, 3.8) is 0 Å². The van der Waals surface area contributed by atoms with Crippen LogP contribution in [0.3, 0.4) is 0 Å². The van der Waals surface area contributed by atoms with Crippen molar-refractivity contribution in [2.24, 2.45) is 0 Å². The van der Waals surface area contributed by atoms with Gasteiger partial charge in [-0.2, -0.15) is 0 Å². The quantitative estimate of drug-likeness (QED) is 0.882. The molecule has 100 valence electrons. The van der Waals surface area contributed by atoms with Gasteiger partial charge in [-0.1, -0.05) is 6.92 Å². The van der Waals surface area contributed by atoms with Gasteiger partial charge in [0, 0.05) is 22.1 Å².